The van der Waals surface area contributed by atoms with E-state index in [-0.39, 0.29) is 0 Å². The number of anilines is 2. The molecular weight excluding hydrogens is 206 g/mol. The molecule has 2 aromatic rings. The van der Waals surface area contributed by atoms with E-state index in [9.17, 15) is 0 Å². The quantitative estimate of drug-likeness (QED) is 0.777. The van der Waals surface area contributed by atoms with Crippen LogP contribution >= 0.6 is 0 Å². The van der Waals surface area contributed by atoms with Gasteiger partial charge in [-0.1, -0.05) is 0 Å². The summed E-state index contributed by atoms with van der Waals surface area (Å²) in [6.45, 7) is 1.82. The second-order valence-electron chi connectivity index (χ2n) is 3.34. The molecule has 0 atom stereocenters. The van der Waals surface area contributed by atoms with Crippen LogP contribution in [0.4, 0.5) is 11.5 Å². The number of pyridine rings is 1. The molecule has 0 saturated carbocycles. The largest absolute Gasteiger partial charge is 0.494 e. The fraction of sp³-hybridized carbons (Fsp3) is 0.200. The maximum atomic E-state index is 5.91. The molecule has 0 aliphatic rings. The molecule has 6 heteroatoms. The fourth-order valence-electron chi connectivity index (χ4n) is 1.43. The minimum atomic E-state index is 0.439. The van der Waals surface area contributed by atoms with Crippen LogP contribution in [0, 0.1) is 6.92 Å². The van der Waals surface area contributed by atoms with Crippen LogP contribution in [-0.2, 0) is 0 Å². The molecule has 0 fully saturated rings. The van der Waals surface area contributed by atoms with Crippen molar-refractivity contribution in [2.75, 3.05) is 18.6 Å². The Bertz CT molecular complexity index is 520. The summed E-state index contributed by atoms with van der Waals surface area (Å²) in [4.78, 5) is 8.26. The van der Waals surface area contributed by atoms with Gasteiger partial charge in [-0.25, -0.2) is 9.97 Å². The van der Waals surface area contributed by atoms with E-state index in [0.717, 1.165) is 5.69 Å². The summed E-state index contributed by atoms with van der Waals surface area (Å²) in [6, 6.07) is 1.69. The Morgan fingerprint density at radius 3 is 2.62 bits per heavy atom. The van der Waals surface area contributed by atoms with Crippen molar-refractivity contribution in [2.45, 2.75) is 6.92 Å². The van der Waals surface area contributed by atoms with E-state index in [4.69, 9.17) is 16.2 Å². The molecular formula is C10H13N5O. The average molecular weight is 219 g/mol. The van der Waals surface area contributed by atoms with Crippen molar-refractivity contribution in [1.29, 1.82) is 0 Å². The molecule has 16 heavy (non-hydrogen) atoms. The maximum absolute atomic E-state index is 5.91. The molecule has 6 nitrogen and oxygen atoms in total. The van der Waals surface area contributed by atoms with Gasteiger partial charge in [0.2, 0.25) is 0 Å². The molecule has 0 aromatic carbocycles. The van der Waals surface area contributed by atoms with Crippen molar-refractivity contribution < 1.29 is 4.74 Å². The van der Waals surface area contributed by atoms with Crippen LogP contribution in [-0.4, -0.2) is 21.6 Å². The van der Waals surface area contributed by atoms with Crippen molar-refractivity contribution in [3.8, 4) is 11.6 Å². The molecule has 0 unspecified atom stereocenters. The molecule has 0 aliphatic heterocycles. The highest BCUT2D eigenvalue weighted by molar-refractivity contribution is 5.64. The predicted octanol–water partition coefficient (Wildman–Crippen LogP) is 0.749. The lowest BCUT2D eigenvalue weighted by Gasteiger charge is -2.10. The Kier molecular flexibility index (Phi) is 2.40. The Morgan fingerprint density at radius 2 is 2.06 bits per heavy atom. The number of nitrogens with two attached hydrogens (primary N) is 2. The number of rotatable bonds is 2. The van der Waals surface area contributed by atoms with Gasteiger partial charge in [-0.05, 0) is 6.92 Å². The van der Waals surface area contributed by atoms with E-state index in [1.165, 1.54) is 0 Å². The highest BCUT2D eigenvalue weighted by Gasteiger charge is 2.12. The van der Waals surface area contributed by atoms with Crippen LogP contribution in [0.2, 0.25) is 0 Å². The normalized spacial score (nSPS) is 10.4. The maximum Gasteiger partial charge on any atom is 0.166 e. The van der Waals surface area contributed by atoms with E-state index < -0.39 is 0 Å². The molecule has 2 heterocycles. The van der Waals surface area contributed by atoms with Gasteiger partial charge in [-0.2, -0.15) is 0 Å². The lowest BCUT2D eigenvalue weighted by atomic mass is 10.3. The van der Waals surface area contributed by atoms with Crippen molar-refractivity contribution in [3.63, 3.8) is 0 Å². The molecule has 0 saturated heterocycles. The summed E-state index contributed by atoms with van der Waals surface area (Å²) in [6.07, 6.45) is 3.20. The minimum Gasteiger partial charge on any atom is -0.494 e. The third kappa shape index (κ3) is 1.44. The van der Waals surface area contributed by atoms with E-state index in [0.29, 0.717) is 23.1 Å². The third-order valence-electron chi connectivity index (χ3n) is 2.37. The van der Waals surface area contributed by atoms with Gasteiger partial charge in [0, 0.05) is 12.3 Å². The molecule has 0 bridgehead atoms. The number of ether oxygens (including phenoxy) is 1. The standard InChI is InChI=1S/C10H13N5O/c1-6-9(12)15(5-14-6)10-8(11)7(16-2)3-4-13-10/h3-5H,11-12H2,1-2H3. The van der Waals surface area contributed by atoms with Crippen LogP contribution < -0.4 is 16.2 Å². The van der Waals surface area contributed by atoms with Crippen LogP contribution in [0.5, 0.6) is 5.75 Å². The van der Waals surface area contributed by atoms with Gasteiger partial charge in [0.05, 0.1) is 12.8 Å². The molecule has 0 radical (unpaired) electrons. The molecule has 0 amide bonds. The minimum absolute atomic E-state index is 0.439. The molecule has 0 spiro atoms. The summed E-state index contributed by atoms with van der Waals surface area (Å²) >= 11 is 0. The van der Waals surface area contributed by atoms with Crippen molar-refractivity contribution >= 4 is 11.5 Å². The second kappa shape index (κ2) is 3.73. The highest BCUT2D eigenvalue weighted by atomic mass is 16.5. The summed E-state index contributed by atoms with van der Waals surface area (Å²) in [5.41, 5.74) is 13.0. The molecule has 4 N–H and O–H groups in total. The van der Waals surface area contributed by atoms with Gasteiger partial charge in [0.15, 0.2) is 5.82 Å². The lowest BCUT2D eigenvalue weighted by molar-refractivity contribution is 0.416. The Morgan fingerprint density at radius 1 is 1.31 bits per heavy atom. The molecule has 2 aromatic heterocycles. The van der Waals surface area contributed by atoms with Crippen LogP contribution in [0.1, 0.15) is 5.69 Å². The Labute approximate surface area is 92.9 Å². The monoisotopic (exact) mass is 219 g/mol. The smallest absolute Gasteiger partial charge is 0.166 e. The first-order valence-electron chi connectivity index (χ1n) is 4.73. The zero-order valence-electron chi connectivity index (χ0n) is 9.14. The number of hydrogen-bond donors (Lipinski definition) is 2. The summed E-state index contributed by atoms with van der Waals surface area (Å²) < 4.78 is 6.75. The topological polar surface area (TPSA) is 92.0 Å². The number of imidazole rings is 1. The number of nitrogens with zero attached hydrogens (tertiary/aromatic N) is 3. The number of hydrogen-bond acceptors (Lipinski definition) is 5. The van der Waals surface area contributed by atoms with E-state index in [2.05, 4.69) is 9.97 Å². The Balaban J connectivity index is 2.60. The van der Waals surface area contributed by atoms with E-state index >= 15 is 0 Å². The van der Waals surface area contributed by atoms with Crippen LogP contribution in [0.3, 0.4) is 0 Å². The zero-order valence-corrected chi connectivity index (χ0v) is 9.14. The number of methoxy groups -OCH3 is 1. The first-order valence-corrected chi connectivity index (χ1v) is 4.73. The summed E-state index contributed by atoms with van der Waals surface area (Å²) in [5.74, 6) is 1.61. The first-order chi connectivity index (χ1) is 7.65. The summed E-state index contributed by atoms with van der Waals surface area (Å²) in [5, 5.41) is 0. The van der Waals surface area contributed by atoms with Crippen molar-refractivity contribution in [2.24, 2.45) is 0 Å². The number of aromatic nitrogens is 3. The second-order valence-corrected chi connectivity index (χ2v) is 3.34. The predicted molar refractivity (Wildman–Crippen MR) is 61.5 cm³/mol. The van der Waals surface area contributed by atoms with Crippen molar-refractivity contribution in [3.05, 3.63) is 24.3 Å². The molecule has 2 rings (SSSR count). The number of aryl methyl sites for hydroxylation is 1. The lowest BCUT2D eigenvalue weighted by Crippen LogP contribution is -2.06. The van der Waals surface area contributed by atoms with Gasteiger partial charge in [-0.15, -0.1) is 0 Å². The summed E-state index contributed by atoms with van der Waals surface area (Å²) in [7, 11) is 1.55. The third-order valence-corrected chi connectivity index (χ3v) is 2.37. The highest BCUT2D eigenvalue weighted by Crippen LogP contribution is 2.27. The number of nitrogen functional groups attached to an aromatic ring is 2. The van der Waals surface area contributed by atoms with E-state index in [1.807, 2.05) is 6.92 Å². The zero-order chi connectivity index (χ0) is 11.7. The van der Waals surface area contributed by atoms with Gasteiger partial charge in [0.25, 0.3) is 0 Å². The van der Waals surface area contributed by atoms with Crippen LogP contribution in [0.25, 0.3) is 5.82 Å². The van der Waals surface area contributed by atoms with Crippen molar-refractivity contribution in [1.82, 2.24) is 14.5 Å². The van der Waals surface area contributed by atoms with Gasteiger partial charge >= 0.3 is 0 Å². The van der Waals surface area contributed by atoms with Crippen LogP contribution in [0.15, 0.2) is 18.6 Å². The fourth-order valence-corrected chi connectivity index (χ4v) is 1.43. The average Bonchev–Trinajstić information content (AvgIpc) is 2.61. The molecule has 0 aliphatic carbocycles. The van der Waals surface area contributed by atoms with Gasteiger partial charge < -0.3 is 16.2 Å². The SMILES string of the molecule is COc1ccnc(-n2cnc(C)c2N)c1N. The Hall–Kier alpha value is -2.24. The van der Waals surface area contributed by atoms with Gasteiger partial charge in [0.1, 0.15) is 23.6 Å². The first kappa shape index (κ1) is 10.3. The van der Waals surface area contributed by atoms with E-state index in [1.54, 1.807) is 30.3 Å². The molecule has 84 valence electrons. The van der Waals surface area contributed by atoms with Gasteiger partial charge in [-0.3, -0.25) is 4.57 Å².